The van der Waals surface area contributed by atoms with Gasteiger partial charge in [-0.1, -0.05) is 6.58 Å². The Labute approximate surface area is 96.3 Å². The van der Waals surface area contributed by atoms with Gasteiger partial charge in [0.05, 0.1) is 0 Å². The smallest absolute Gasteiger partial charge is 0.102 e. The third-order valence-corrected chi connectivity index (χ3v) is 2.91. The maximum Gasteiger partial charge on any atom is 0.102 e. The van der Waals surface area contributed by atoms with Crippen molar-refractivity contribution in [3.05, 3.63) is 24.6 Å². The Hall–Kier alpha value is -1.07. The van der Waals surface area contributed by atoms with Gasteiger partial charge in [0.25, 0.3) is 0 Å². The van der Waals surface area contributed by atoms with Crippen LogP contribution in [0.4, 0.5) is 4.39 Å². The molecule has 1 aliphatic rings. The van der Waals surface area contributed by atoms with E-state index in [4.69, 9.17) is 11.6 Å². The molecule has 0 unspecified atom stereocenters. The Balaban J connectivity index is 2.38. The van der Waals surface area contributed by atoms with Gasteiger partial charge >= 0.3 is 0 Å². The van der Waals surface area contributed by atoms with Gasteiger partial charge in [-0.3, -0.25) is 0 Å². The van der Waals surface area contributed by atoms with Gasteiger partial charge in [-0.2, -0.15) is 0 Å². The molecule has 4 nitrogen and oxygen atoms in total. The average Bonchev–Trinajstić information content (AvgIpc) is 2.30. The standard InChI is InChI=1S/C11H21FN4/c1-2-10(13)9-16(14)11-3-6-15(7-4-11)8-5-12/h2,9,11H,1,3-8,13-14H2/b10-9-. The highest BCUT2D eigenvalue weighted by molar-refractivity contribution is 5.10. The largest absolute Gasteiger partial charge is 0.398 e. The molecule has 0 aromatic carbocycles. The van der Waals surface area contributed by atoms with Crippen molar-refractivity contribution in [2.24, 2.45) is 11.6 Å². The third kappa shape index (κ3) is 3.83. The van der Waals surface area contributed by atoms with Crippen LogP contribution >= 0.6 is 0 Å². The lowest BCUT2D eigenvalue weighted by molar-refractivity contribution is 0.135. The molecule has 16 heavy (non-hydrogen) atoms. The van der Waals surface area contributed by atoms with E-state index < -0.39 is 0 Å². The van der Waals surface area contributed by atoms with Gasteiger partial charge in [0, 0.05) is 37.6 Å². The number of halogens is 1. The predicted molar refractivity (Wildman–Crippen MR) is 63.9 cm³/mol. The molecule has 4 N–H and O–H groups in total. The normalized spacial score (nSPS) is 19.8. The highest BCUT2D eigenvalue weighted by Gasteiger charge is 2.21. The van der Waals surface area contributed by atoms with Crippen molar-refractivity contribution in [3.8, 4) is 0 Å². The minimum absolute atomic E-state index is 0.277. The predicted octanol–water partition coefficient (Wildman–Crippen LogP) is 0.582. The summed E-state index contributed by atoms with van der Waals surface area (Å²) in [4.78, 5) is 2.12. The van der Waals surface area contributed by atoms with Gasteiger partial charge in [-0.05, 0) is 18.9 Å². The van der Waals surface area contributed by atoms with Gasteiger partial charge in [-0.25, -0.2) is 10.2 Å². The van der Waals surface area contributed by atoms with Crippen LogP contribution in [-0.4, -0.2) is 42.3 Å². The van der Waals surface area contributed by atoms with E-state index in [1.165, 1.54) is 0 Å². The Bertz CT molecular complexity index is 246. The van der Waals surface area contributed by atoms with E-state index in [0.717, 1.165) is 25.9 Å². The Morgan fingerprint density at radius 1 is 1.50 bits per heavy atom. The van der Waals surface area contributed by atoms with Crippen LogP contribution in [0.2, 0.25) is 0 Å². The first-order valence-electron chi connectivity index (χ1n) is 5.58. The summed E-state index contributed by atoms with van der Waals surface area (Å²) in [6, 6.07) is 0.286. The van der Waals surface area contributed by atoms with E-state index in [-0.39, 0.29) is 12.7 Å². The Morgan fingerprint density at radius 2 is 2.12 bits per heavy atom. The first-order chi connectivity index (χ1) is 7.67. The molecule has 1 heterocycles. The first-order valence-corrected chi connectivity index (χ1v) is 5.58. The molecule has 1 fully saturated rings. The highest BCUT2D eigenvalue weighted by atomic mass is 19.1. The van der Waals surface area contributed by atoms with Gasteiger partial charge in [0.1, 0.15) is 6.67 Å². The molecule has 0 aromatic rings. The van der Waals surface area contributed by atoms with Crippen LogP contribution in [0.15, 0.2) is 24.6 Å². The number of alkyl halides is 1. The van der Waals surface area contributed by atoms with E-state index in [9.17, 15) is 4.39 Å². The summed E-state index contributed by atoms with van der Waals surface area (Å²) in [6.07, 6.45) is 5.15. The lowest BCUT2D eigenvalue weighted by atomic mass is 10.0. The van der Waals surface area contributed by atoms with Crippen molar-refractivity contribution in [2.75, 3.05) is 26.3 Å². The van der Waals surface area contributed by atoms with Crippen LogP contribution in [0.3, 0.4) is 0 Å². The summed E-state index contributed by atoms with van der Waals surface area (Å²) in [5, 5.41) is 1.64. The van der Waals surface area contributed by atoms with Crippen LogP contribution in [0.25, 0.3) is 0 Å². The van der Waals surface area contributed by atoms with Gasteiger partial charge < -0.3 is 15.6 Å². The number of nitrogens with zero attached hydrogens (tertiary/aromatic N) is 2. The second kappa shape index (κ2) is 6.50. The molecule has 1 aliphatic heterocycles. The van der Waals surface area contributed by atoms with Crippen molar-refractivity contribution < 1.29 is 4.39 Å². The minimum atomic E-state index is -0.277. The monoisotopic (exact) mass is 228 g/mol. The molecule has 1 saturated heterocycles. The molecule has 0 amide bonds. The number of nitrogens with two attached hydrogens (primary N) is 2. The van der Waals surface area contributed by atoms with Gasteiger partial charge in [0.2, 0.25) is 0 Å². The second-order valence-corrected chi connectivity index (χ2v) is 4.04. The average molecular weight is 228 g/mol. The minimum Gasteiger partial charge on any atom is -0.398 e. The zero-order valence-electron chi connectivity index (χ0n) is 9.61. The van der Waals surface area contributed by atoms with Crippen molar-refractivity contribution in [1.29, 1.82) is 0 Å². The highest BCUT2D eigenvalue weighted by Crippen LogP contribution is 2.14. The van der Waals surface area contributed by atoms with Crippen LogP contribution in [0.1, 0.15) is 12.8 Å². The van der Waals surface area contributed by atoms with Gasteiger partial charge in [-0.15, -0.1) is 0 Å². The molecule has 5 heteroatoms. The summed E-state index contributed by atoms with van der Waals surface area (Å²) in [5.74, 6) is 5.88. The summed E-state index contributed by atoms with van der Waals surface area (Å²) >= 11 is 0. The quantitative estimate of drug-likeness (QED) is 0.410. The van der Waals surface area contributed by atoms with Crippen LogP contribution in [-0.2, 0) is 0 Å². The van der Waals surface area contributed by atoms with E-state index in [0.29, 0.717) is 12.2 Å². The van der Waals surface area contributed by atoms with Crippen LogP contribution < -0.4 is 11.6 Å². The fraction of sp³-hybridized carbons (Fsp3) is 0.636. The maximum absolute atomic E-state index is 12.1. The fourth-order valence-corrected chi connectivity index (χ4v) is 1.89. The fourth-order valence-electron chi connectivity index (χ4n) is 1.89. The maximum atomic E-state index is 12.1. The van der Waals surface area contributed by atoms with Crippen molar-refractivity contribution in [1.82, 2.24) is 9.91 Å². The topological polar surface area (TPSA) is 58.5 Å². The molecule has 0 atom stereocenters. The van der Waals surface area contributed by atoms with Crippen LogP contribution in [0, 0.1) is 0 Å². The zero-order chi connectivity index (χ0) is 12.0. The molecule has 92 valence electrons. The Kier molecular flexibility index (Phi) is 5.28. The number of rotatable bonds is 5. The summed E-state index contributed by atoms with van der Waals surface area (Å²) in [5.41, 5.74) is 6.18. The number of allylic oxidation sites excluding steroid dienone is 1. The summed E-state index contributed by atoms with van der Waals surface area (Å²) in [7, 11) is 0. The number of likely N-dealkylation sites (tertiary alicyclic amines) is 1. The molecule has 0 aromatic heterocycles. The molecule has 0 aliphatic carbocycles. The molecule has 0 spiro atoms. The lowest BCUT2D eigenvalue weighted by Gasteiger charge is -2.35. The number of hydrogen-bond donors (Lipinski definition) is 2. The molecular formula is C11H21FN4. The van der Waals surface area contributed by atoms with Gasteiger partial charge in [0.15, 0.2) is 0 Å². The summed E-state index contributed by atoms with van der Waals surface area (Å²) < 4.78 is 12.1. The summed E-state index contributed by atoms with van der Waals surface area (Å²) in [6.45, 7) is 5.61. The zero-order valence-corrected chi connectivity index (χ0v) is 9.61. The lowest BCUT2D eigenvalue weighted by Crippen LogP contribution is -2.46. The Morgan fingerprint density at radius 3 is 2.62 bits per heavy atom. The van der Waals surface area contributed by atoms with E-state index in [1.54, 1.807) is 17.3 Å². The van der Waals surface area contributed by atoms with E-state index >= 15 is 0 Å². The third-order valence-electron chi connectivity index (χ3n) is 2.91. The molecule has 1 rings (SSSR count). The van der Waals surface area contributed by atoms with Crippen LogP contribution in [0.5, 0.6) is 0 Å². The molecule has 0 radical (unpaired) electrons. The second-order valence-electron chi connectivity index (χ2n) is 4.04. The molecular weight excluding hydrogens is 207 g/mol. The molecule has 0 bridgehead atoms. The first kappa shape index (κ1) is 13.0. The SMILES string of the molecule is C=C/C(N)=C/N(N)C1CCN(CCF)CC1. The number of piperidine rings is 1. The van der Waals surface area contributed by atoms with Crippen molar-refractivity contribution in [3.63, 3.8) is 0 Å². The number of hydrogen-bond acceptors (Lipinski definition) is 4. The molecule has 0 saturated carbocycles. The number of hydrazine groups is 1. The van der Waals surface area contributed by atoms with Crippen molar-refractivity contribution >= 4 is 0 Å². The van der Waals surface area contributed by atoms with E-state index in [1.807, 2.05) is 0 Å². The van der Waals surface area contributed by atoms with E-state index in [2.05, 4.69) is 11.5 Å². The van der Waals surface area contributed by atoms with Crippen molar-refractivity contribution in [2.45, 2.75) is 18.9 Å².